The van der Waals surface area contributed by atoms with Crippen molar-refractivity contribution in [2.45, 2.75) is 83.3 Å². The molecule has 1 saturated heterocycles. The van der Waals surface area contributed by atoms with Crippen LogP contribution < -0.4 is 5.32 Å². The van der Waals surface area contributed by atoms with E-state index in [1.807, 2.05) is 35.4 Å². The van der Waals surface area contributed by atoms with Gasteiger partial charge < -0.3 is 24.1 Å². The number of furan rings is 1. The van der Waals surface area contributed by atoms with Gasteiger partial charge in [-0.3, -0.25) is 9.59 Å². The summed E-state index contributed by atoms with van der Waals surface area (Å²) in [6.45, 7) is 7.85. The first-order valence-corrected chi connectivity index (χ1v) is 12.4. The molecule has 174 valence electrons. The molecule has 0 aromatic carbocycles. The first-order valence-electron chi connectivity index (χ1n) is 12.4. The number of carbonyl (C=O) groups is 2. The van der Waals surface area contributed by atoms with E-state index in [1.54, 1.807) is 0 Å². The van der Waals surface area contributed by atoms with Crippen molar-refractivity contribution in [3.05, 3.63) is 23.6 Å². The maximum absolute atomic E-state index is 13.8. The Hall–Kier alpha value is -2.28. The highest BCUT2D eigenvalue weighted by molar-refractivity contribution is 6.03. The second kappa shape index (κ2) is 8.58. The molecule has 4 heterocycles. The lowest BCUT2D eigenvalue weighted by Gasteiger charge is -2.45. The Bertz CT molecular complexity index is 994. The molecule has 0 radical (unpaired) electrons. The Labute approximate surface area is 190 Å². The van der Waals surface area contributed by atoms with E-state index in [2.05, 4.69) is 10.2 Å². The zero-order valence-corrected chi connectivity index (χ0v) is 19.5. The second-order valence-corrected chi connectivity index (χ2v) is 10.2. The van der Waals surface area contributed by atoms with Crippen LogP contribution in [0.15, 0.2) is 16.5 Å². The summed E-state index contributed by atoms with van der Waals surface area (Å²) in [5.41, 5.74) is 1.32. The Morgan fingerprint density at radius 1 is 1.09 bits per heavy atom. The number of carbonyl (C=O) groups excluding carboxylic acids is 2. The quantitative estimate of drug-likeness (QED) is 0.720. The Balaban J connectivity index is 1.45. The molecule has 2 aliphatic heterocycles. The highest BCUT2D eigenvalue weighted by Crippen LogP contribution is 2.34. The van der Waals surface area contributed by atoms with Crippen molar-refractivity contribution in [2.24, 2.45) is 0 Å². The minimum absolute atomic E-state index is 0.0214. The summed E-state index contributed by atoms with van der Waals surface area (Å²) in [5.74, 6) is 0.726. The smallest absolute Gasteiger partial charge is 0.271 e. The van der Waals surface area contributed by atoms with Gasteiger partial charge >= 0.3 is 0 Å². The van der Waals surface area contributed by atoms with Crippen molar-refractivity contribution < 1.29 is 14.0 Å². The monoisotopic (exact) mass is 440 g/mol. The van der Waals surface area contributed by atoms with Crippen LogP contribution in [0.25, 0.3) is 11.1 Å². The molecular weight excluding hydrogens is 404 g/mol. The fourth-order valence-electron chi connectivity index (χ4n) is 5.82. The fourth-order valence-corrected chi connectivity index (χ4v) is 5.82. The van der Waals surface area contributed by atoms with Crippen LogP contribution >= 0.6 is 0 Å². The van der Waals surface area contributed by atoms with Crippen LogP contribution in [0, 0.1) is 6.92 Å². The summed E-state index contributed by atoms with van der Waals surface area (Å²) in [4.78, 5) is 31.7. The topological polar surface area (TPSA) is 70.7 Å². The normalized spacial score (nSPS) is 25.3. The third-order valence-electron chi connectivity index (χ3n) is 7.76. The summed E-state index contributed by atoms with van der Waals surface area (Å²) in [6, 6.07) is 4.02. The van der Waals surface area contributed by atoms with Gasteiger partial charge in [0.2, 0.25) is 5.91 Å². The van der Waals surface area contributed by atoms with E-state index < -0.39 is 5.54 Å². The van der Waals surface area contributed by atoms with Crippen LogP contribution in [0.3, 0.4) is 0 Å². The summed E-state index contributed by atoms with van der Waals surface area (Å²) in [7, 11) is 0. The number of nitrogens with one attached hydrogen (secondary N) is 1. The minimum atomic E-state index is -0.923. The van der Waals surface area contributed by atoms with Gasteiger partial charge in [-0.2, -0.15) is 0 Å². The van der Waals surface area contributed by atoms with Crippen LogP contribution in [-0.4, -0.2) is 63.9 Å². The first-order chi connectivity index (χ1) is 15.5. The van der Waals surface area contributed by atoms with E-state index in [0.717, 1.165) is 62.2 Å². The number of likely N-dealkylation sites (tertiary alicyclic amines) is 1. The Morgan fingerprint density at radius 2 is 1.81 bits per heavy atom. The third kappa shape index (κ3) is 3.85. The number of nitrogens with zero attached hydrogens (tertiary/aromatic N) is 3. The Morgan fingerprint density at radius 3 is 2.53 bits per heavy atom. The number of hydrogen-bond acceptors (Lipinski definition) is 4. The molecule has 5 rings (SSSR count). The molecule has 2 aromatic rings. The molecule has 1 aliphatic carbocycles. The predicted octanol–water partition coefficient (Wildman–Crippen LogP) is 3.69. The van der Waals surface area contributed by atoms with Gasteiger partial charge in [0.05, 0.1) is 12.1 Å². The van der Waals surface area contributed by atoms with Crippen molar-refractivity contribution in [2.75, 3.05) is 26.2 Å². The molecule has 1 N–H and O–H groups in total. The van der Waals surface area contributed by atoms with Crippen LogP contribution in [0.2, 0.25) is 0 Å². The van der Waals surface area contributed by atoms with E-state index in [9.17, 15) is 9.59 Å². The average Bonchev–Trinajstić information content (AvgIpc) is 3.42. The fraction of sp³-hybridized carbons (Fsp3) is 0.680. The molecular formula is C25H36N4O3. The molecule has 3 aliphatic rings. The molecule has 7 heteroatoms. The van der Waals surface area contributed by atoms with Gasteiger partial charge in [-0.25, -0.2) is 0 Å². The summed E-state index contributed by atoms with van der Waals surface area (Å²) in [6.07, 6.45) is 9.31. The zero-order valence-electron chi connectivity index (χ0n) is 19.5. The number of amides is 2. The average molecular weight is 441 g/mol. The molecule has 1 unspecified atom stereocenters. The lowest BCUT2D eigenvalue weighted by Crippen LogP contribution is -2.65. The van der Waals surface area contributed by atoms with Crippen molar-refractivity contribution in [3.63, 3.8) is 0 Å². The number of fused-ring (bicyclic) bond motifs is 3. The van der Waals surface area contributed by atoms with Crippen LogP contribution in [0.1, 0.15) is 74.5 Å². The van der Waals surface area contributed by atoms with Gasteiger partial charge in [0.25, 0.3) is 5.91 Å². The van der Waals surface area contributed by atoms with Crippen LogP contribution in [0.5, 0.6) is 0 Å². The molecule has 2 aromatic heterocycles. The molecule has 2 amide bonds. The molecule has 7 nitrogen and oxygen atoms in total. The molecule has 0 bridgehead atoms. The van der Waals surface area contributed by atoms with Crippen molar-refractivity contribution in [1.29, 1.82) is 0 Å². The second-order valence-electron chi connectivity index (χ2n) is 10.2. The van der Waals surface area contributed by atoms with Gasteiger partial charge in [0, 0.05) is 31.3 Å². The number of rotatable bonds is 5. The maximum atomic E-state index is 13.8. The van der Waals surface area contributed by atoms with Gasteiger partial charge in [-0.15, -0.1) is 0 Å². The SMILES string of the molecule is Cc1cc2c(cc3n2CC(C)(C(=O)NC2CCCCCC2)N(CCN2CCCC2)C3=O)o1. The molecule has 1 atom stereocenters. The van der Waals surface area contributed by atoms with E-state index >= 15 is 0 Å². The summed E-state index contributed by atoms with van der Waals surface area (Å²) < 4.78 is 7.80. The van der Waals surface area contributed by atoms with Gasteiger partial charge in [-0.1, -0.05) is 25.7 Å². The van der Waals surface area contributed by atoms with Gasteiger partial charge in [-0.05, 0) is 52.6 Å². The zero-order chi connectivity index (χ0) is 22.3. The van der Waals surface area contributed by atoms with E-state index in [0.29, 0.717) is 18.8 Å². The highest BCUT2D eigenvalue weighted by Gasteiger charge is 2.48. The van der Waals surface area contributed by atoms with Crippen molar-refractivity contribution in [1.82, 2.24) is 19.7 Å². The molecule has 32 heavy (non-hydrogen) atoms. The minimum Gasteiger partial charge on any atom is -0.460 e. The van der Waals surface area contributed by atoms with E-state index in [-0.39, 0.29) is 17.9 Å². The van der Waals surface area contributed by atoms with Crippen LogP contribution in [-0.2, 0) is 11.3 Å². The summed E-state index contributed by atoms with van der Waals surface area (Å²) >= 11 is 0. The molecule has 1 saturated carbocycles. The first kappa shape index (κ1) is 21.6. The number of aryl methyl sites for hydroxylation is 1. The van der Waals surface area contributed by atoms with Crippen LogP contribution in [0.4, 0.5) is 0 Å². The number of hydrogen-bond donors (Lipinski definition) is 1. The third-order valence-corrected chi connectivity index (χ3v) is 7.76. The maximum Gasteiger partial charge on any atom is 0.271 e. The van der Waals surface area contributed by atoms with Gasteiger partial charge in [0.15, 0.2) is 5.58 Å². The standard InChI is InChI=1S/C25H36N4O3/c1-18-15-20-22(32-18)16-21-23(30)29(14-13-27-11-7-8-12-27)25(2,17-28(20)21)24(31)26-19-9-5-3-4-6-10-19/h15-16,19H,3-14,17H2,1-2H3,(H,26,31). The van der Waals surface area contributed by atoms with E-state index in [1.165, 1.54) is 25.7 Å². The molecule has 0 spiro atoms. The van der Waals surface area contributed by atoms with Crippen molar-refractivity contribution >= 4 is 22.9 Å². The lowest BCUT2D eigenvalue weighted by molar-refractivity contribution is -0.133. The number of aromatic nitrogens is 1. The molecule has 2 fully saturated rings. The predicted molar refractivity (Wildman–Crippen MR) is 124 cm³/mol. The lowest BCUT2D eigenvalue weighted by atomic mass is 9.93. The largest absolute Gasteiger partial charge is 0.460 e. The summed E-state index contributed by atoms with van der Waals surface area (Å²) in [5, 5.41) is 3.34. The van der Waals surface area contributed by atoms with Gasteiger partial charge in [0.1, 0.15) is 17.0 Å². The van der Waals surface area contributed by atoms with E-state index in [4.69, 9.17) is 4.42 Å². The van der Waals surface area contributed by atoms with Crippen molar-refractivity contribution in [3.8, 4) is 0 Å². The highest BCUT2D eigenvalue weighted by atomic mass is 16.3. The Kier molecular flexibility index (Phi) is 5.78.